The van der Waals surface area contributed by atoms with Gasteiger partial charge in [-0.2, -0.15) is 4.98 Å². The predicted molar refractivity (Wildman–Crippen MR) is 81.9 cm³/mol. The molecule has 128 valence electrons. The summed E-state index contributed by atoms with van der Waals surface area (Å²) in [6.45, 7) is -1.51. The summed E-state index contributed by atoms with van der Waals surface area (Å²) in [4.78, 5) is 20.3. The minimum absolute atomic E-state index is 0.0211. The molecule has 4 atom stereocenters. The molecule has 0 radical (unpaired) electrons. The van der Waals surface area contributed by atoms with Crippen LogP contribution in [0.15, 0.2) is 11.1 Å². The average Bonchev–Trinajstić information content (AvgIpc) is 3.06. The number of hydrogen-bond donors (Lipinski definition) is 4. The molecule has 9 nitrogen and oxygen atoms in total. The lowest BCUT2D eigenvalue weighted by atomic mass is 9.99. The zero-order valence-electron chi connectivity index (χ0n) is 12.1. The van der Waals surface area contributed by atoms with Crippen molar-refractivity contribution in [3.63, 3.8) is 0 Å². The van der Waals surface area contributed by atoms with Crippen molar-refractivity contribution in [2.24, 2.45) is 0 Å². The summed E-state index contributed by atoms with van der Waals surface area (Å²) in [5.74, 6) is 4.41. The van der Waals surface area contributed by atoms with Gasteiger partial charge in [-0.25, -0.2) is 9.37 Å². The van der Waals surface area contributed by atoms with Crippen LogP contribution in [0.25, 0.3) is 11.2 Å². The Bertz CT molecular complexity index is 890. The molecular formula is C13H13ClFN5O4. The van der Waals surface area contributed by atoms with Crippen molar-refractivity contribution in [1.82, 2.24) is 19.5 Å². The number of aliphatic hydroxyl groups is 2. The fourth-order valence-corrected chi connectivity index (χ4v) is 2.95. The Morgan fingerprint density at radius 3 is 3.04 bits per heavy atom. The molecule has 3 rings (SSSR count). The molecule has 1 saturated heterocycles. The highest BCUT2D eigenvalue weighted by Gasteiger charge is 2.56. The smallest absolute Gasteiger partial charge is 0.280 e. The van der Waals surface area contributed by atoms with Crippen molar-refractivity contribution in [1.29, 1.82) is 0 Å². The number of alkyl halides is 2. The van der Waals surface area contributed by atoms with Crippen LogP contribution < -0.4 is 11.3 Å². The number of rotatable bonds is 2. The third kappa shape index (κ3) is 2.42. The number of halogens is 2. The Hall–Kier alpha value is -2.19. The van der Waals surface area contributed by atoms with Crippen LogP contribution in [-0.2, 0) is 4.74 Å². The molecule has 11 heteroatoms. The van der Waals surface area contributed by atoms with Crippen molar-refractivity contribution >= 4 is 28.7 Å². The molecule has 1 aliphatic heterocycles. The van der Waals surface area contributed by atoms with Crippen LogP contribution in [0.4, 0.5) is 10.3 Å². The molecule has 0 saturated carbocycles. The minimum atomic E-state index is -1.77. The van der Waals surface area contributed by atoms with Crippen LogP contribution in [0.2, 0.25) is 0 Å². The van der Waals surface area contributed by atoms with E-state index in [-0.39, 0.29) is 17.1 Å². The van der Waals surface area contributed by atoms with Crippen LogP contribution in [0, 0.1) is 11.8 Å². The summed E-state index contributed by atoms with van der Waals surface area (Å²) in [5.41, 5.74) is 5.00. The van der Waals surface area contributed by atoms with Gasteiger partial charge in [0.15, 0.2) is 22.3 Å². The molecule has 2 aromatic rings. The molecule has 0 spiro atoms. The summed E-state index contributed by atoms with van der Waals surface area (Å²) in [5, 5.41) is 19.6. The third-order valence-corrected chi connectivity index (χ3v) is 4.18. The normalized spacial score (nSPS) is 29.6. The van der Waals surface area contributed by atoms with E-state index >= 15 is 0 Å². The van der Waals surface area contributed by atoms with Crippen molar-refractivity contribution < 1.29 is 19.3 Å². The van der Waals surface area contributed by atoms with Crippen molar-refractivity contribution in [3.8, 4) is 11.8 Å². The summed E-state index contributed by atoms with van der Waals surface area (Å²) in [7, 11) is 0. The second-order valence-corrected chi connectivity index (χ2v) is 5.76. The number of nitrogen functional groups attached to an aromatic ring is 1. The highest BCUT2D eigenvalue weighted by Crippen LogP contribution is 2.43. The zero-order chi connectivity index (χ0) is 17.5. The first-order valence-corrected chi connectivity index (χ1v) is 7.21. The number of fused-ring (bicyclic) bond motifs is 1. The maximum atomic E-state index is 12.5. The van der Waals surface area contributed by atoms with Gasteiger partial charge in [0.05, 0.1) is 12.9 Å². The molecular weight excluding hydrogens is 345 g/mol. The lowest BCUT2D eigenvalue weighted by Gasteiger charge is -2.25. The number of imidazole rings is 1. The summed E-state index contributed by atoms with van der Waals surface area (Å²) in [6, 6.07) is 0. The van der Waals surface area contributed by atoms with Gasteiger partial charge < -0.3 is 20.7 Å². The van der Waals surface area contributed by atoms with Gasteiger partial charge in [0.2, 0.25) is 5.95 Å². The number of aromatic amines is 1. The summed E-state index contributed by atoms with van der Waals surface area (Å²) >= 11 is 6.39. The molecule has 5 N–H and O–H groups in total. The zero-order valence-corrected chi connectivity index (χ0v) is 12.9. The van der Waals surface area contributed by atoms with Gasteiger partial charge >= 0.3 is 0 Å². The first-order valence-electron chi connectivity index (χ1n) is 6.84. The number of nitrogens with zero attached hydrogens (tertiary/aromatic N) is 3. The Labute approximate surface area is 139 Å². The third-order valence-electron chi connectivity index (χ3n) is 3.68. The molecule has 0 aromatic carbocycles. The lowest BCUT2D eigenvalue weighted by molar-refractivity contribution is -0.0436. The van der Waals surface area contributed by atoms with Crippen LogP contribution in [-0.4, -0.2) is 60.1 Å². The second kappa shape index (κ2) is 6.03. The lowest BCUT2D eigenvalue weighted by Crippen LogP contribution is -2.41. The van der Waals surface area contributed by atoms with Gasteiger partial charge in [0.25, 0.3) is 5.56 Å². The predicted octanol–water partition coefficient (Wildman–Crippen LogP) is -1.10. The number of nitrogens with two attached hydrogens (primary N) is 1. The average molecular weight is 358 g/mol. The van der Waals surface area contributed by atoms with Crippen molar-refractivity contribution in [2.75, 3.05) is 19.0 Å². The van der Waals surface area contributed by atoms with E-state index in [1.807, 2.05) is 0 Å². The molecule has 1 aliphatic rings. The van der Waals surface area contributed by atoms with E-state index in [1.165, 1.54) is 10.9 Å². The SMILES string of the molecule is Nc1nc2c(ncn2[C@@H]2O[C@H](CO)C(O)[C@]2(Cl)C#CCF)c(=O)[nH]1. The maximum Gasteiger partial charge on any atom is 0.280 e. The molecule has 3 heterocycles. The molecule has 0 bridgehead atoms. The first-order chi connectivity index (χ1) is 11.4. The van der Waals surface area contributed by atoms with Gasteiger partial charge in [-0.15, -0.1) is 0 Å². The fraction of sp³-hybridized carbons (Fsp3) is 0.462. The molecule has 0 amide bonds. The molecule has 0 aliphatic carbocycles. The number of nitrogens with one attached hydrogen (secondary N) is 1. The second-order valence-electron chi connectivity index (χ2n) is 5.13. The largest absolute Gasteiger partial charge is 0.394 e. The van der Waals surface area contributed by atoms with Gasteiger partial charge in [0, 0.05) is 0 Å². The number of aromatic nitrogens is 4. The Kier molecular flexibility index (Phi) is 4.18. The van der Waals surface area contributed by atoms with Crippen molar-refractivity contribution in [3.05, 3.63) is 16.7 Å². The van der Waals surface area contributed by atoms with Gasteiger partial charge in [-0.3, -0.25) is 14.3 Å². The standard InChI is InChI=1S/C13H13ClFN5O4/c14-13(2-1-3-15)8(22)6(4-21)24-11(13)20-5-17-7-9(20)18-12(16)19-10(7)23/h5-6,8,11,21-22H,3-4H2,(H3,16,18,19,23)/t6-,8?,11-,13-/m1/s1. The van der Waals surface area contributed by atoms with E-state index in [4.69, 9.17) is 22.1 Å². The molecule has 2 aromatic heterocycles. The topological polar surface area (TPSA) is 139 Å². The number of aliphatic hydroxyl groups excluding tert-OH is 2. The van der Waals surface area contributed by atoms with E-state index in [1.54, 1.807) is 0 Å². The van der Waals surface area contributed by atoms with Crippen LogP contribution >= 0.6 is 11.6 Å². The van der Waals surface area contributed by atoms with Gasteiger partial charge in [-0.05, 0) is 0 Å². The van der Waals surface area contributed by atoms with Crippen molar-refractivity contribution in [2.45, 2.75) is 23.3 Å². The molecule has 1 unspecified atom stereocenters. The fourth-order valence-electron chi connectivity index (χ4n) is 2.59. The van der Waals surface area contributed by atoms with Gasteiger partial charge in [0.1, 0.15) is 18.9 Å². The first kappa shape index (κ1) is 16.7. The Morgan fingerprint density at radius 1 is 1.62 bits per heavy atom. The molecule has 1 fully saturated rings. The number of ether oxygens (including phenoxy) is 1. The summed E-state index contributed by atoms with van der Waals surface area (Å²) in [6.07, 6.45) is -2.43. The number of anilines is 1. The van der Waals surface area contributed by atoms with E-state index in [0.717, 1.165) is 0 Å². The Balaban J connectivity index is 2.18. The van der Waals surface area contributed by atoms with Crippen LogP contribution in [0.3, 0.4) is 0 Å². The summed E-state index contributed by atoms with van der Waals surface area (Å²) < 4.78 is 19.3. The van der Waals surface area contributed by atoms with E-state index in [9.17, 15) is 19.4 Å². The van der Waals surface area contributed by atoms with E-state index in [2.05, 4.69) is 26.8 Å². The van der Waals surface area contributed by atoms with Gasteiger partial charge in [-0.1, -0.05) is 23.4 Å². The highest BCUT2D eigenvalue weighted by atomic mass is 35.5. The molecule has 24 heavy (non-hydrogen) atoms. The Morgan fingerprint density at radius 2 is 2.38 bits per heavy atom. The highest BCUT2D eigenvalue weighted by molar-refractivity contribution is 6.27. The minimum Gasteiger partial charge on any atom is -0.394 e. The van der Waals surface area contributed by atoms with E-state index in [0.29, 0.717) is 0 Å². The monoisotopic (exact) mass is 357 g/mol. The number of H-pyrrole nitrogens is 1. The van der Waals surface area contributed by atoms with Crippen LogP contribution in [0.5, 0.6) is 0 Å². The number of hydrogen-bond acceptors (Lipinski definition) is 7. The quantitative estimate of drug-likeness (QED) is 0.395. The van der Waals surface area contributed by atoms with E-state index < -0.39 is 42.2 Å². The van der Waals surface area contributed by atoms with Crippen LogP contribution in [0.1, 0.15) is 6.23 Å². The maximum absolute atomic E-state index is 12.5.